The van der Waals surface area contributed by atoms with Crippen LogP contribution in [0.5, 0.6) is 5.75 Å². The maximum Gasteiger partial charge on any atom is 0.152 e. The van der Waals surface area contributed by atoms with E-state index in [0.717, 1.165) is 17.3 Å². The normalized spacial score (nSPS) is 10.7. The maximum absolute atomic E-state index is 6.01. The van der Waals surface area contributed by atoms with Gasteiger partial charge in [-0.05, 0) is 31.7 Å². The number of hydrogen-bond acceptors (Lipinski definition) is 4. The second-order valence-electron chi connectivity index (χ2n) is 3.84. The van der Waals surface area contributed by atoms with E-state index in [1.165, 1.54) is 0 Å². The van der Waals surface area contributed by atoms with Gasteiger partial charge >= 0.3 is 0 Å². The molecule has 0 radical (unpaired) electrons. The van der Waals surface area contributed by atoms with Gasteiger partial charge in [0.1, 0.15) is 17.3 Å². The monoisotopic (exact) mass is 266 g/mol. The van der Waals surface area contributed by atoms with Crippen LogP contribution in [0.25, 0.3) is 5.69 Å². The lowest BCUT2D eigenvalue weighted by molar-refractivity contribution is 0.411. The minimum Gasteiger partial charge on any atom is -0.494 e. The summed E-state index contributed by atoms with van der Waals surface area (Å²) in [4.78, 5) is 4.36. The number of aryl methyl sites for hydroxylation is 1. The fourth-order valence-corrected chi connectivity index (χ4v) is 1.90. The zero-order valence-electron chi connectivity index (χ0n) is 10.4. The van der Waals surface area contributed by atoms with Gasteiger partial charge in [-0.1, -0.05) is 11.6 Å². The number of ether oxygens (including phenoxy) is 1. The van der Waals surface area contributed by atoms with Gasteiger partial charge in [0.15, 0.2) is 5.82 Å². The van der Waals surface area contributed by atoms with Crippen molar-refractivity contribution in [2.75, 3.05) is 13.7 Å². The Hall–Kier alpha value is -1.59. The van der Waals surface area contributed by atoms with Gasteiger partial charge in [-0.25, -0.2) is 9.67 Å². The molecule has 0 fully saturated rings. The van der Waals surface area contributed by atoms with Crippen molar-refractivity contribution < 1.29 is 4.74 Å². The van der Waals surface area contributed by atoms with Crippen LogP contribution in [-0.2, 0) is 6.42 Å². The lowest BCUT2D eigenvalue weighted by Crippen LogP contribution is -2.05. The quantitative estimate of drug-likeness (QED) is 0.915. The largest absolute Gasteiger partial charge is 0.494 e. The highest BCUT2D eigenvalue weighted by Crippen LogP contribution is 2.26. The van der Waals surface area contributed by atoms with Crippen molar-refractivity contribution in [2.45, 2.75) is 13.3 Å². The van der Waals surface area contributed by atoms with Gasteiger partial charge in [-0.2, -0.15) is 5.10 Å². The van der Waals surface area contributed by atoms with Crippen molar-refractivity contribution in [3.8, 4) is 11.4 Å². The molecule has 0 amide bonds. The first-order chi connectivity index (χ1) is 8.65. The third-order valence-electron chi connectivity index (χ3n) is 2.55. The first-order valence-electron chi connectivity index (χ1n) is 5.62. The zero-order chi connectivity index (χ0) is 13.1. The van der Waals surface area contributed by atoms with Crippen LogP contribution >= 0.6 is 11.6 Å². The highest BCUT2D eigenvalue weighted by molar-refractivity contribution is 6.30. The lowest BCUT2D eigenvalue weighted by Gasteiger charge is -2.09. The average Bonchev–Trinajstić information content (AvgIpc) is 2.70. The Balaban J connectivity index is 2.50. The molecule has 0 spiro atoms. The van der Waals surface area contributed by atoms with Crippen molar-refractivity contribution >= 4 is 11.6 Å². The van der Waals surface area contributed by atoms with Gasteiger partial charge in [0, 0.05) is 11.4 Å². The predicted molar refractivity (Wildman–Crippen MR) is 70.4 cm³/mol. The Kier molecular flexibility index (Phi) is 3.84. The number of methoxy groups -OCH3 is 1. The Morgan fingerprint density at radius 3 is 2.89 bits per heavy atom. The Morgan fingerprint density at radius 2 is 2.22 bits per heavy atom. The van der Waals surface area contributed by atoms with E-state index >= 15 is 0 Å². The van der Waals surface area contributed by atoms with Crippen LogP contribution in [0.15, 0.2) is 18.2 Å². The summed E-state index contributed by atoms with van der Waals surface area (Å²) in [6.45, 7) is 2.41. The van der Waals surface area contributed by atoms with Crippen LogP contribution in [0.1, 0.15) is 11.6 Å². The van der Waals surface area contributed by atoms with Gasteiger partial charge in [-0.15, -0.1) is 0 Å². The molecule has 2 aromatic rings. The highest BCUT2D eigenvalue weighted by atomic mass is 35.5. The summed E-state index contributed by atoms with van der Waals surface area (Å²) < 4.78 is 7.02. The molecule has 5 nitrogen and oxygen atoms in total. The van der Waals surface area contributed by atoms with Crippen molar-refractivity contribution in [3.63, 3.8) is 0 Å². The van der Waals surface area contributed by atoms with E-state index in [1.54, 1.807) is 30.0 Å². The molecule has 1 heterocycles. The molecule has 1 aromatic carbocycles. The first-order valence-corrected chi connectivity index (χ1v) is 6.00. The van der Waals surface area contributed by atoms with Crippen LogP contribution in [-0.4, -0.2) is 28.4 Å². The number of nitrogens with two attached hydrogens (primary N) is 1. The number of aromatic nitrogens is 3. The molecule has 0 saturated heterocycles. The molecule has 0 unspecified atom stereocenters. The summed E-state index contributed by atoms with van der Waals surface area (Å²) in [7, 11) is 1.61. The zero-order valence-corrected chi connectivity index (χ0v) is 11.1. The van der Waals surface area contributed by atoms with E-state index in [9.17, 15) is 0 Å². The molecule has 2 N–H and O–H groups in total. The molecule has 0 aliphatic carbocycles. The molecular formula is C12H15ClN4O. The van der Waals surface area contributed by atoms with Gasteiger partial charge in [-0.3, -0.25) is 0 Å². The molecule has 1 aromatic heterocycles. The van der Waals surface area contributed by atoms with Crippen LogP contribution in [0.4, 0.5) is 0 Å². The van der Waals surface area contributed by atoms with Crippen LogP contribution in [0.2, 0.25) is 5.02 Å². The van der Waals surface area contributed by atoms with Gasteiger partial charge in [0.05, 0.1) is 7.11 Å². The predicted octanol–water partition coefficient (Wildman–Crippen LogP) is 1.74. The standard InChI is InChI=1S/C12H15ClN4O/c1-8-15-12(5-6-14)16-17(8)10-7-9(13)3-4-11(10)18-2/h3-4,7H,5-6,14H2,1-2H3. The summed E-state index contributed by atoms with van der Waals surface area (Å²) in [5, 5.41) is 5.03. The third-order valence-corrected chi connectivity index (χ3v) is 2.78. The fraction of sp³-hybridized carbons (Fsp3) is 0.333. The molecule has 0 saturated carbocycles. The van der Waals surface area contributed by atoms with Crippen molar-refractivity contribution in [1.29, 1.82) is 0 Å². The van der Waals surface area contributed by atoms with Crippen molar-refractivity contribution in [2.24, 2.45) is 5.73 Å². The van der Waals surface area contributed by atoms with E-state index in [-0.39, 0.29) is 0 Å². The highest BCUT2D eigenvalue weighted by Gasteiger charge is 2.12. The van der Waals surface area contributed by atoms with Gasteiger partial charge in [0.2, 0.25) is 0 Å². The second-order valence-corrected chi connectivity index (χ2v) is 4.28. The molecule has 0 atom stereocenters. The molecular weight excluding hydrogens is 252 g/mol. The van der Waals surface area contributed by atoms with E-state index in [0.29, 0.717) is 23.7 Å². The summed E-state index contributed by atoms with van der Waals surface area (Å²) >= 11 is 6.01. The van der Waals surface area contributed by atoms with E-state index < -0.39 is 0 Å². The summed E-state index contributed by atoms with van der Waals surface area (Å²) in [5.41, 5.74) is 6.28. The SMILES string of the molecule is COc1ccc(Cl)cc1-n1nc(CCN)nc1C. The Bertz CT molecular complexity index is 553. The fourth-order valence-electron chi connectivity index (χ4n) is 1.74. The topological polar surface area (TPSA) is 66.0 Å². The molecule has 18 heavy (non-hydrogen) atoms. The molecule has 6 heteroatoms. The molecule has 0 aliphatic heterocycles. The number of rotatable bonds is 4. The minimum absolute atomic E-state index is 0.524. The number of nitrogens with zero attached hydrogens (tertiary/aromatic N) is 3. The van der Waals surface area contributed by atoms with Crippen molar-refractivity contribution in [3.05, 3.63) is 34.9 Å². The maximum atomic E-state index is 6.01. The lowest BCUT2D eigenvalue weighted by atomic mass is 10.3. The summed E-state index contributed by atoms with van der Waals surface area (Å²) in [5.74, 6) is 2.20. The van der Waals surface area contributed by atoms with E-state index in [4.69, 9.17) is 22.1 Å². The molecule has 0 aliphatic rings. The summed E-state index contributed by atoms with van der Waals surface area (Å²) in [6.07, 6.45) is 0.650. The number of hydrogen-bond donors (Lipinski definition) is 1. The number of halogens is 1. The van der Waals surface area contributed by atoms with E-state index in [1.807, 2.05) is 6.92 Å². The van der Waals surface area contributed by atoms with Crippen molar-refractivity contribution in [1.82, 2.24) is 14.8 Å². The van der Waals surface area contributed by atoms with Gasteiger partial charge < -0.3 is 10.5 Å². The molecule has 2 rings (SSSR count). The smallest absolute Gasteiger partial charge is 0.152 e. The van der Waals surface area contributed by atoms with Crippen LogP contribution < -0.4 is 10.5 Å². The second kappa shape index (κ2) is 5.37. The average molecular weight is 267 g/mol. The number of benzene rings is 1. The molecule has 0 bridgehead atoms. The van der Waals surface area contributed by atoms with Crippen LogP contribution in [0.3, 0.4) is 0 Å². The third kappa shape index (κ3) is 2.47. The Labute approximate surface area is 111 Å². The first kappa shape index (κ1) is 12.9. The van der Waals surface area contributed by atoms with Crippen LogP contribution in [0, 0.1) is 6.92 Å². The molecule has 96 valence electrons. The van der Waals surface area contributed by atoms with E-state index in [2.05, 4.69) is 10.1 Å². The minimum atomic E-state index is 0.524. The summed E-state index contributed by atoms with van der Waals surface area (Å²) in [6, 6.07) is 5.38. The van der Waals surface area contributed by atoms with Gasteiger partial charge in [0.25, 0.3) is 0 Å². The Morgan fingerprint density at radius 1 is 1.44 bits per heavy atom.